The summed E-state index contributed by atoms with van der Waals surface area (Å²) < 4.78 is 54.7. The minimum atomic E-state index is -4.79. The molecule has 152 valence electrons. The first-order valence-electron chi connectivity index (χ1n) is 8.72. The zero-order valence-electron chi connectivity index (χ0n) is 15.6. The number of aromatic nitrogens is 2. The molecule has 3 aromatic rings. The van der Waals surface area contributed by atoms with Crippen LogP contribution in [0, 0.1) is 5.82 Å². The summed E-state index contributed by atoms with van der Waals surface area (Å²) in [5.41, 5.74) is 1.41. The van der Waals surface area contributed by atoms with Crippen molar-refractivity contribution in [2.45, 2.75) is 26.3 Å². The van der Waals surface area contributed by atoms with Crippen LogP contribution in [-0.4, -0.2) is 22.4 Å². The van der Waals surface area contributed by atoms with E-state index in [1.807, 2.05) is 13.8 Å². The highest BCUT2D eigenvalue weighted by molar-refractivity contribution is 5.68. The van der Waals surface area contributed by atoms with Crippen LogP contribution in [0.2, 0.25) is 0 Å². The number of hydrogen-bond donors (Lipinski definition) is 2. The molecule has 0 spiro atoms. The fourth-order valence-corrected chi connectivity index (χ4v) is 2.52. The summed E-state index contributed by atoms with van der Waals surface area (Å²) in [6.45, 7) is 3.81. The number of ether oxygens (including phenoxy) is 1. The van der Waals surface area contributed by atoms with Gasteiger partial charge in [-0.2, -0.15) is 4.98 Å². The number of rotatable bonds is 6. The van der Waals surface area contributed by atoms with Crippen molar-refractivity contribution in [1.29, 1.82) is 0 Å². The Morgan fingerprint density at radius 2 is 1.69 bits per heavy atom. The quantitative estimate of drug-likeness (QED) is 0.511. The first-order chi connectivity index (χ1) is 13.7. The number of halogens is 4. The Balaban J connectivity index is 1.97. The van der Waals surface area contributed by atoms with Crippen molar-refractivity contribution in [3.63, 3.8) is 0 Å². The maximum atomic E-state index is 13.1. The van der Waals surface area contributed by atoms with Crippen molar-refractivity contribution in [3.8, 4) is 17.0 Å². The number of anilines is 3. The van der Waals surface area contributed by atoms with Gasteiger partial charge in [0.15, 0.2) is 0 Å². The van der Waals surface area contributed by atoms with E-state index in [2.05, 4.69) is 25.3 Å². The maximum absolute atomic E-state index is 13.1. The highest BCUT2D eigenvalue weighted by Gasteiger charge is 2.31. The molecule has 2 N–H and O–H groups in total. The van der Waals surface area contributed by atoms with Gasteiger partial charge in [0.05, 0.1) is 5.69 Å². The molecule has 0 aliphatic carbocycles. The number of alkyl halides is 3. The van der Waals surface area contributed by atoms with Crippen LogP contribution in [0.3, 0.4) is 0 Å². The smallest absolute Gasteiger partial charge is 0.406 e. The van der Waals surface area contributed by atoms with Crippen LogP contribution in [0.4, 0.5) is 35.0 Å². The molecule has 0 fully saturated rings. The second-order valence-electron chi connectivity index (χ2n) is 6.47. The molecule has 0 radical (unpaired) electrons. The SMILES string of the molecule is CC(C)Nc1nc(Nc2ccc(F)cc2)cc(-c2cccc(OC(F)(F)F)c2)n1. The predicted molar refractivity (Wildman–Crippen MR) is 103 cm³/mol. The van der Waals surface area contributed by atoms with Crippen LogP contribution in [0.25, 0.3) is 11.3 Å². The van der Waals surface area contributed by atoms with Gasteiger partial charge in [-0.15, -0.1) is 13.2 Å². The Morgan fingerprint density at radius 3 is 2.34 bits per heavy atom. The Labute approximate surface area is 164 Å². The minimum Gasteiger partial charge on any atom is -0.406 e. The average molecular weight is 406 g/mol. The van der Waals surface area contributed by atoms with E-state index in [1.165, 1.54) is 30.3 Å². The second-order valence-corrected chi connectivity index (χ2v) is 6.47. The molecular weight excluding hydrogens is 388 g/mol. The maximum Gasteiger partial charge on any atom is 0.573 e. The molecule has 0 amide bonds. The first kappa shape index (κ1) is 20.4. The van der Waals surface area contributed by atoms with Crippen molar-refractivity contribution in [3.05, 3.63) is 60.4 Å². The largest absolute Gasteiger partial charge is 0.573 e. The van der Waals surface area contributed by atoms with Crippen LogP contribution in [0.15, 0.2) is 54.6 Å². The Bertz CT molecular complexity index is 975. The third-order valence-electron chi connectivity index (χ3n) is 3.62. The van der Waals surface area contributed by atoms with E-state index in [0.717, 1.165) is 0 Å². The normalized spacial score (nSPS) is 11.4. The van der Waals surface area contributed by atoms with Crippen LogP contribution in [-0.2, 0) is 0 Å². The highest BCUT2D eigenvalue weighted by Crippen LogP contribution is 2.29. The number of nitrogens with one attached hydrogen (secondary N) is 2. The number of hydrogen-bond acceptors (Lipinski definition) is 5. The standard InChI is InChI=1S/C20H18F4N4O/c1-12(2)25-19-27-17(13-4-3-5-16(10-13)29-20(22,23)24)11-18(28-19)26-15-8-6-14(21)7-9-15/h3-12H,1-2H3,(H2,25,26,27,28). The number of nitrogens with zero attached hydrogens (tertiary/aromatic N) is 2. The lowest BCUT2D eigenvalue weighted by atomic mass is 10.1. The van der Waals surface area contributed by atoms with Crippen molar-refractivity contribution < 1.29 is 22.3 Å². The summed E-state index contributed by atoms with van der Waals surface area (Å²) in [5.74, 6) is -0.0289. The van der Waals surface area contributed by atoms with E-state index in [0.29, 0.717) is 28.7 Å². The van der Waals surface area contributed by atoms with Gasteiger partial charge in [-0.1, -0.05) is 12.1 Å². The molecule has 0 saturated carbocycles. The third kappa shape index (κ3) is 6.06. The number of benzene rings is 2. The van der Waals surface area contributed by atoms with E-state index in [4.69, 9.17) is 0 Å². The summed E-state index contributed by atoms with van der Waals surface area (Å²) >= 11 is 0. The van der Waals surface area contributed by atoms with Gasteiger partial charge in [0.2, 0.25) is 5.95 Å². The lowest BCUT2D eigenvalue weighted by Gasteiger charge is -2.14. The van der Waals surface area contributed by atoms with Gasteiger partial charge >= 0.3 is 6.36 Å². The van der Waals surface area contributed by atoms with E-state index < -0.39 is 6.36 Å². The van der Waals surface area contributed by atoms with Crippen molar-refractivity contribution in [1.82, 2.24) is 9.97 Å². The molecule has 0 aliphatic heterocycles. The van der Waals surface area contributed by atoms with Gasteiger partial charge in [0.25, 0.3) is 0 Å². The molecule has 29 heavy (non-hydrogen) atoms. The molecule has 1 aromatic heterocycles. The zero-order chi connectivity index (χ0) is 21.0. The topological polar surface area (TPSA) is 59.1 Å². The summed E-state index contributed by atoms with van der Waals surface area (Å²) in [4.78, 5) is 8.74. The fourth-order valence-electron chi connectivity index (χ4n) is 2.52. The van der Waals surface area contributed by atoms with Gasteiger partial charge in [-0.25, -0.2) is 9.37 Å². The Kier molecular flexibility index (Phi) is 5.86. The average Bonchev–Trinajstić information content (AvgIpc) is 2.62. The lowest BCUT2D eigenvalue weighted by molar-refractivity contribution is -0.274. The molecular formula is C20H18F4N4O. The monoisotopic (exact) mass is 406 g/mol. The van der Waals surface area contributed by atoms with Gasteiger partial charge in [-0.3, -0.25) is 0 Å². The Morgan fingerprint density at radius 1 is 0.966 bits per heavy atom. The third-order valence-corrected chi connectivity index (χ3v) is 3.62. The molecule has 2 aromatic carbocycles. The first-order valence-corrected chi connectivity index (χ1v) is 8.72. The molecule has 0 unspecified atom stereocenters. The molecule has 1 heterocycles. The summed E-state index contributed by atoms with van der Waals surface area (Å²) in [5, 5.41) is 6.11. The zero-order valence-corrected chi connectivity index (χ0v) is 15.6. The van der Waals surface area contributed by atoms with Gasteiger partial charge in [0.1, 0.15) is 17.4 Å². The van der Waals surface area contributed by atoms with E-state index >= 15 is 0 Å². The summed E-state index contributed by atoms with van der Waals surface area (Å²) in [6.07, 6.45) is -4.79. The minimum absolute atomic E-state index is 0.0313. The van der Waals surface area contributed by atoms with E-state index in [1.54, 1.807) is 24.3 Å². The Hall–Kier alpha value is -3.36. The van der Waals surface area contributed by atoms with E-state index in [9.17, 15) is 17.6 Å². The summed E-state index contributed by atoms with van der Waals surface area (Å²) in [7, 11) is 0. The van der Waals surface area contributed by atoms with Crippen molar-refractivity contribution >= 4 is 17.5 Å². The van der Waals surface area contributed by atoms with Crippen molar-refractivity contribution in [2.24, 2.45) is 0 Å². The van der Waals surface area contributed by atoms with Gasteiger partial charge < -0.3 is 15.4 Å². The van der Waals surface area contributed by atoms with Crippen LogP contribution in [0.1, 0.15) is 13.8 Å². The molecule has 0 bridgehead atoms. The molecule has 5 nitrogen and oxygen atoms in total. The van der Waals surface area contributed by atoms with Gasteiger partial charge in [-0.05, 0) is 50.2 Å². The predicted octanol–water partition coefficient (Wildman–Crippen LogP) is 5.75. The van der Waals surface area contributed by atoms with Crippen LogP contribution < -0.4 is 15.4 Å². The molecule has 0 atom stereocenters. The van der Waals surface area contributed by atoms with Crippen LogP contribution in [0.5, 0.6) is 5.75 Å². The molecule has 3 rings (SSSR count). The lowest BCUT2D eigenvalue weighted by Crippen LogP contribution is -2.17. The fraction of sp³-hybridized carbons (Fsp3) is 0.200. The second kappa shape index (κ2) is 8.34. The molecule has 0 aliphatic rings. The van der Waals surface area contributed by atoms with E-state index in [-0.39, 0.29) is 17.6 Å². The summed E-state index contributed by atoms with van der Waals surface area (Å²) in [6, 6.07) is 12.8. The van der Waals surface area contributed by atoms with Gasteiger partial charge in [0, 0.05) is 23.4 Å². The highest BCUT2D eigenvalue weighted by atomic mass is 19.4. The van der Waals surface area contributed by atoms with Crippen molar-refractivity contribution in [2.75, 3.05) is 10.6 Å². The van der Waals surface area contributed by atoms with Crippen LogP contribution >= 0.6 is 0 Å². The molecule has 0 saturated heterocycles. The molecule has 9 heteroatoms.